The van der Waals surface area contributed by atoms with E-state index in [9.17, 15) is 9.18 Å². The van der Waals surface area contributed by atoms with Gasteiger partial charge in [0.2, 0.25) is 0 Å². The average Bonchev–Trinajstić information content (AvgIpc) is 2.56. The molecule has 0 fully saturated rings. The summed E-state index contributed by atoms with van der Waals surface area (Å²) in [5.74, 6) is 1.43. The number of carbonyl (C=O) groups excluding carboxylic acids is 1. The molecule has 0 bridgehead atoms. The molecular formula is C18H19FO3S. The summed E-state index contributed by atoms with van der Waals surface area (Å²) in [5, 5.41) is 0. The lowest BCUT2D eigenvalue weighted by molar-refractivity contribution is -0.139. The number of halogens is 1. The van der Waals surface area contributed by atoms with Crippen molar-refractivity contribution in [2.75, 3.05) is 12.4 Å². The zero-order chi connectivity index (χ0) is 16.5. The molecule has 0 aliphatic rings. The van der Waals surface area contributed by atoms with Crippen LogP contribution in [0.2, 0.25) is 0 Å². The van der Waals surface area contributed by atoms with Crippen LogP contribution < -0.4 is 4.74 Å². The standard InChI is InChI=1S/C18H19FO3S/c1-2-21-18(20)13-23-12-15-5-9-17(10-6-15)22-11-14-3-7-16(19)8-4-14/h3-10H,2,11-13H2,1H3. The van der Waals surface area contributed by atoms with Crippen molar-refractivity contribution in [2.45, 2.75) is 19.3 Å². The van der Waals surface area contributed by atoms with Crippen LogP contribution in [-0.4, -0.2) is 18.3 Å². The zero-order valence-corrected chi connectivity index (χ0v) is 13.8. The number of hydrogen-bond acceptors (Lipinski definition) is 4. The molecule has 3 nitrogen and oxygen atoms in total. The lowest BCUT2D eigenvalue weighted by atomic mass is 10.2. The highest BCUT2D eigenvalue weighted by molar-refractivity contribution is 7.99. The first-order chi connectivity index (χ1) is 11.2. The van der Waals surface area contributed by atoms with Crippen molar-refractivity contribution >= 4 is 17.7 Å². The number of hydrogen-bond donors (Lipinski definition) is 0. The van der Waals surface area contributed by atoms with Crippen molar-refractivity contribution in [3.63, 3.8) is 0 Å². The van der Waals surface area contributed by atoms with Gasteiger partial charge in [-0.25, -0.2) is 4.39 Å². The molecule has 0 unspecified atom stereocenters. The van der Waals surface area contributed by atoms with Crippen molar-refractivity contribution in [1.29, 1.82) is 0 Å². The summed E-state index contributed by atoms with van der Waals surface area (Å²) in [5.41, 5.74) is 2.04. The number of ether oxygens (including phenoxy) is 2. The van der Waals surface area contributed by atoms with Gasteiger partial charge in [-0.15, -0.1) is 11.8 Å². The van der Waals surface area contributed by atoms with Crippen LogP contribution in [0, 0.1) is 5.82 Å². The molecule has 0 N–H and O–H groups in total. The summed E-state index contributed by atoms with van der Waals surface area (Å²) >= 11 is 1.52. The molecule has 23 heavy (non-hydrogen) atoms. The van der Waals surface area contributed by atoms with Gasteiger partial charge in [-0.2, -0.15) is 0 Å². The minimum atomic E-state index is -0.251. The monoisotopic (exact) mass is 334 g/mol. The number of benzene rings is 2. The summed E-state index contributed by atoms with van der Waals surface area (Å²) < 4.78 is 23.4. The van der Waals surface area contributed by atoms with Crippen LogP contribution >= 0.6 is 11.8 Å². The van der Waals surface area contributed by atoms with E-state index < -0.39 is 0 Å². The summed E-state index contributed by atoms with van der Waals surface area (Å²) in [6.45, 7) is 2.62. The van der Waals surface area contributed by atoms with E-state index in [1.54, 1.807) is 19.1 Å². The molecule has 0 spiro atoms. The fraction of sp³-hybridized carbons (Fsp3) is 0.278. The Balaban J connectivity index is 1.75. The molecule has 0 atom stereocenters. The normalized spacial score (nSPS) is 10.3. The topological polar surface area (TPSA) is 35.5 Å². The Morgan fingerprint density at radius 2 is 1.70 bits per heavy atom. The molecule has 122 valence electrons. The van der Waals surface area contributed by atoms with Gasteiger partial charge in [-0.1, -0.05) is 24.3 Å². The van der Waals surface area contributed by atoms with Crippen molar-refractivity contribution in [3.8, 4) is 5.75 Å². The van der Waals surface area contributed by atoms with Gasteiger partial charge in [0.05, 0.1) is 12.4 Å². The van der Waals surface area contributed by atoms with E-state index in [0.717, 1.165) is 22.6 Å². The Bertz CT molecular complexity index is 611. The van der Waals surface area contributed by atoms with Gasteiger partial charge in [-0.3, -0.25) is 4.79 Å². The van der Waals surface area contributed by atoms with E-state index >= 15 is 0 Å². The molecule has 5 heteroatoms. The number of thioether (sulfide) groups is 1. The van der Waals surface area contributed by atoms with Crippen molar-refractivity contribution < 1.29 is 18.7 Å². The van der Waals surface area contributed by atoms with Gasteiger partial charge in [0.1, 0.15) is 18.2 Å². The maximum Gasteiger partial charge on any atom is 0.315 e. The van der Waals surface area contributed by atoms with Crippen LogP contribution in [0.5, 0.6) is 5.75 Å². The average molecular weight is 334 g/mol. The Hall–Kier alpha value is -2.01. The second-order valence-corrected chi connectivity index (χ2v) is 5.84. The Morgan fingerprint density at radius 1 is 1.04 bits per heavy atom. The lowest BCUT2D eigenvalue weighted by Gasteiger charge is -2.07. The van der Waals surface area contributed by atoms with Gasteiger partial charge in [-0.05, 0) is 42.3 Å². The molecule has 0 saturated heterocycles. The molecule has 0 heterocycles. The van der Waals surface area contributed by atoms with Crippen LogP contribution in [0.1, 0.15) is 18.1 Å². The summed E-state index contributed by atoms with van der Waals surface area (Å²) in [6.07, 6.45) is 0. The zero-order valence-electron chi connectivity index (χ0n) is 13.0. The fourth-order valence-electron chi connectivity index (χ4n) is 1.88. The van der Waals surface area contributed by atoms with E-state index in [1.165, 1.54) is 23.9 Å². The number of esters is 1. The second-order valence-electron chi connectivity index (χ2n) is 4.86. The van der Waals surface area contributed by atoms with E-state index in [0.29, 0.717) is 19.0 Å². The first-order valence-corrected chi connectivity index (χ1v) is 8.52. The first kappa shape index (κ1) is 17.3. The van der Waals surface area contributed by atoms with E-state index in [2.05, 4.69) is 0 Å². The molecule has 0 saturated carbocycles. The summed E-state index contributed by atoms with van der Waals surface area (Å²) in [6, 6.07) is 14.0. The number of rotatable bonds is 8. The molecule has 0 radical (unpaired) electrons. The summed E-state index contributed by atoms with van der Waals surface area (Å²) in [7, 11) is 0. The fourth-order valence-corrected chi connectivity index (χ4v) is 2.66. The van der Waals surface area contributed by atoms with Gasteiger partial charge >= 0.3 is 5.97 Å². The Labute approximate surface area is 139 Å². The van der Waals surface area contributed by atoms with Crippen molar-refractivity contribution in [2.24, 2.45) is 0 Å². The van der Waals surface area contributed by atoms with Gasteiger partial charge in [0, 0.05) is 5.75 Å². The first-order valence-electron chi connectivity index (χ1n) is 7.37. The Morgan fingerprint density at radius 3 is 2.35 bits per heavy atom. The highest BCUT2D eigenvalue weighted by atomic mass is 32.2. The minimum Gasteiger partial charge on any atom is -0.489 e. The molecule has 0 aliphatic carbocycles. The van der Waals surface area contributed by atoms with Crippen molar-refractivity contribution in [1.82, 2.24) is 0 Å². The predicted octanol–water partition coefficient (Wildman–Crippen LogP) is 4.20. The highest BCUT2D eigenvalue weighted by Gasteiger charge is 2.03. The SMILES string of the molecule is CCOC(=O)CSCc1ccc(OCc2ccc(F)cc2)cc1. The van der Waals surface area contributed by atoms with Crippen molar-refractivity contribution in [3.05, 3.63) is 65.5 Å². The molecule has 0 amide bonds. The molecular weight excluding hydrogens is 315 g/mol. The van der Waals surface area contributed by atoms with E-state index in [4.69, 9.17) is 9.47 Å². The third-order valence-corrected chi connectivity index (χ3v) is 4.01. The van der Waals surface area contributed by atoms with Crippen LogP contribution in [0.15, 0.2) is 48.5 Å². The quantitative estimate of drug-likeness (QED) is 0.678. The Kier molecular flexibility index (Phi) is 6.94. The number of carbonyl (C=O) groups is 1. The van der Waals surface area contributed by atoms with E-state index in [1.807, 2.05) is 24.3 Å². The minimum absolute atomic E-state index is 0.184. The van der Waals surface area contributed by atoms with Gasteiger partial charge in [0.15, 0.2) is 0 Å². The largest absolute Gasteiger partial charge is 0.489 e. The van der Waals surface area contributed by atoms with E-state index in [-0.39, 0.29) is 11.8 Å². The maximum atomic E-state index is 12.8. The smallest absolute Gasteiger partial charge is 0.315 e. The summed E-state index contributed by atoms with van der Waals surface area (Å²) in [4.78, 5) is 11.2. The third-order valence-electron chi connectivity index (χ3n) is 3.04. The molecule has 0 aliphatic heterocycles. The maximum absolute atomic E-state index is 12.8. The second kappa shape index (κ2) is 9.20. The van der Waals surface area contributed by atoms with Gasteiger partial charge in [0.25, 0.3) is 0 Å². The molecule has 0 aromatic heterocycles. The van der Waals surface area contributed by atoms with Crippen LogP contribution in [0.3, 0.4) is 0 Å². The molecule has 2 aromatic carbocycles. The molecule has 2 rings (SSSR count). The lowest BCUT2D eigenvalue weighted by Crippen LogP contribution is -2.06. The highest BCUT2D eigenvalue weighted by Crippen LogP contribution is 2.18. The molecule has 2 aromatic rings. The van der Waals surface area contributed by atoms with Gasteiger partial charge < -0.3 is 9.47 Å². The van der Waals surface area contributed by atoms with Crippen LogP contribution in [0.25, 0.3) is 0 Å². The third kappa shape index (κ3) is 6.32. The van der Waals surface area contributed by atoms with Crippen LogP contribution in [-0.2, 0) is 21.9 Å². The van der Waals surface area contributed by atoms with Crippen LogP contribution in [0.4, 0.5) is 4.39 Å². The predicted molar refractivity (Wildman–Crippen MR) is 90.0 cm³/mol.